The summed E-state index contributed by atoms with van der Waals surface area (Å²) in [6.45, 7) is 2.70. The summed E-state index contributed by atoms with van der Waals surface area (Å²) in [5.41, 5.74) is 8.30. The number of nitrogens with two attached hydrogens (primary N) is 1. The van der Waals surface area contributed by atoms with Crippen LogP contribution in [0.3, 0.4) is 0 Å². The number of benzene rings is 1. The highest BCUT2D eigenvalue weighted by Crippen LogP contribution is 2.49. The van der Waals surface area contributed by atoms with Crippen molar-refractivity contribution in [2.24, 2.45) is 5.73 Å². The summed E-state index contributed by atoms with van der Waals surface area (Å²) >= 11 is 0. The molecule has 1 aliphatic carbocycles. The molecule has 1 aromatic rings. The van der Waals surface area contributed by atoms with Crippen molar-refractivity contribution in [3.8, 4) is 11.5 Å². The molecular formula is C13H19NO2. The van der Waals surface area contributed by atoms with Crippen LogP contribution in [0, 0.1) is 6.92 Å². The highest BCUT2D eigenvalue weighted by molar-refractivity contribution is 5.50. The van der Waals surface area contributed by atoms with Gasteiger partial charge in [0, 0.05) is 17.5 Å². The van der Waals surface area contributed by atoms with E-state index in [2.05, 4.69) is 12.1 Å². The van der Waals surface area contributed by atoms with Gasteiger partial charge in [-0.3, -0.25) is 0 Å². The molecule has 3 nitrogen and oxygen atoms in total. The maximum absolute atomic E-state index is 5.84. The maximum Gasteiger partial charge on any atom is 0.125 e. The summed E-state index contributed by atoms with van der Waals surface area (Å²) in [7, 11) is 3.38. The second kappa shape index (κ2) is 3.98. The lowest BCUT2D eigenvalue weighted by Crippen LogP contribution is -2.19. The van der Waals surface area contributed by atoms with Crippen LogP contribution in [0.25, 0.3) is 0 Å². The van der Waals surface area contributed by atoms with E-state index in [9.17, 15) is 0 Å². The van der Waals surface area contributed by atoms with Crippen molar-refractivity contribution < 1.29 is 9.47 Å². The van der Waals surface area contributed by atoms with Crippen molar-refractivity contribution in [2.45, 2.75) is 25.2 Å². The Morgan fingerprint density at radius 3 is 2.00 bits per heavy atom. The summed E-state index contributed by atoms with van der Waals surface area (Å²) in [5.74, 6) is 1.77. The van der Waals surface area contributed by atoms with Gasteiger partial charge < -0.3 is 15.2 Å². The number of ether oxygens (including phenoxy) is 2. The second-order valence-corrected chi connectivity index (χ2v) is 4.49. The molecule has 0 aromatic heterocycles. The zero-order chi connectivity index (χ0) is 11.8. The zero-order valence-electron chi connectivity index (χ0n) is 10.2. The Hall–Kier alpha value is -1.22. The molecule has 0 bridgehead atoms. The van der Waals surface area contributed by atoms with Crippen molar-refractivity contribution in [2.75, 3.05) is 20.8 Å². The molecule has 0 spiro atoms. The maximum atomic E-state index is 5.84. The van der Waals surface area contributed by atoms with E-state index in [1.807, 2.05) is 6.92 Å². The normalized spacial score (nSPS) is 17.0. The Morgan fingerprint density at radius 1 is 1.19 bits per heavy atom. The summed E-state index contributed by atoms with van der Waals surface area (Å²) in [6.07, 6.45) is 2.33. The summed E-state index contributed by atoms with van der Waals surface area (Å²) < 4.78 is 10.7. The molecule has 0 saturated heterocycles. The van der Waals surface area contributed by atoms with Gasteiger partial charge in [-0.05, 0) is 37.5 Å². The standard InChI is InChI=1S/C13H19NO2/c1-9-11(15-2)6-10(7-12(9)16-3)13(8-14)4-5-13/h6-7H,4-5,8,14H2,1-3H3. The fraction of sp³-hybridized carbons (Fsp3) is 0.538. The van der Waals surface area contributed by atoms with E-state index in [1.54, 1.807) is 14.2 Å². The van der Waals surface area contributed by atoms with Crippen LogP contribution in [0.2, 0.25) is 0 Å². The first-order chi connectivity index (χ1) is 7.66. The third-order valence-electron chi connectivity index (χ3n) is 3.61. The molecule has 3 heteroatoms. The molecule has 1 saturated carbocycles. The fourth-order valence-corrected chi connectivity index (χ4v) is 2.15. The molecule has 0 radical (unpaired) electrons. The van der Waals surface area contributed by atoms with Crippen molar-refractivity contribution >= 4 is 0 Å². The van der Waals surface area contributed by atoms with Gasteiger partial charge in [-0.15, -0.1) is 0 Å². The fourth-order valence-electron chi connectivity index (χ4n) is 2.15. The molecule has 0 heterocycles. The van der Waals surface area contributed by atoms with Gasteiger partial charge >= 0.3 is 0 Å². The third-order valence-corrected chi connectivity index (χ3v) is 3.61. The number of hydrogen-bond acceptors (Lipinski definition) is 3. The lowest BCUT2D eigenvalue weighted by atomic mass is 9.94. The molecule has 1 fully saturated rings. The molecule has 2 N–H and O–H groups in total. The SMILES string of the molecule is COc1cc(C2(CN)CC2)cc(OC)c1C. The van der Waals surface area contributed by atoms with E-state index in [0.717, 1.165) is 17.1 Å². The zero-order valence-corrected chi connectivity index (χ0v) is 10.2. The Balaban J connectivity index is 2.47. The first kappa shape index (κ1) is 11.3. The largest absolute Gasteiger partial charge is 0.496 e. The van der Waals surface area contributed by atoms with Crippen molar-refractivity contribution in [1.82, 2.24) is 0 Å². The third kappa shape index (κ3) is 1.65. The van der Waals surface area contributed by atoms with Gasteiger partial charge in [-0.25, -0.2) is 0 Å². The Bertz CT molecular complexity index is 372. The predicted molar refractivity (Wildman–Crippen MR) is 64.2 cm³/mol. The molecule has 0 atom stereocenters. The van der Waals surface area contributed by atoms with E-state index in [-0.39, 0.29) is 5.41 Å². The Kier molecular flexibility index (Phi) is 2.80. The number of rotatable bonds is 4. The molecule has 1 aromatic carbocycles. The molecule has 2 rings (SSSR count). The van der Waals surface area contributed by atoms with E-state index in [4.69, 9.17) is 15.2 Å². The first-order valence-corrected chi connectivity index (χ1v) is 5.60. The Labute approximate surface area is 96.5 Å². The second-order valence-electron chi connectivity index (χ2n) is 4.49. The van der Waals surface area contributed by atoms with Crippen LogP contribution in [0.15, 0.2) is 12.1 Å². The average Bonchev–Trinajstić information content (AvgIpc) is 3.10. The van der Waals surface area contributed by atoms with Crippen molar-refractivity contribution in [3.63, 3.8) is 0 Å². The molecule has 0 unspecified atom stereocenters. The first-order valence-electron chi connectivity index (χ1n) is 5.60. The summed E-state index contributed by atoms with van der Waals surface area (Å²) in [6, 6.07) is 4.19. The minimum Gasteiger partial charge on any atom is -0.496 e. The molecule has 88 valence electrons. The summed E-state index contributed by atoms with van der Waals surface area (Å²) in [5, 5.41) is 0. The lowest BCUT2D eigenvalue weighted by molar-refractivity contribution is 0.387. The summed E-state index contributed by atoms with van der Waals surface area (Å²) in [4.78, 5) is 0. The van der Waals surface area contributed by atoms with Crippen LogP contribution < -0.4 is 15.2 Å². The van der Waals surface area contributed by atoms with Gasteiger partial charge in [-0.1, -0.05) is 0 Å². The van der Waals surface area contributed by atoms with Gasteiger partial charge in [0.15, 0.2) is 0 Å². The molecule has 1 aliphatic rings. The van der Waals surface area contributed by atoms with E-state index >= 15 is 0 Å². The van der Waals surface area contributed by atoms with E-state index in [1.165, 1.54) is 18.4 Å². The van der Waals surface area contributed by atoms with Gasteiger partial charge in [0.2, 0.25) is 0 Å². The molecular weight excluding hydrogens is 202 g/mol. The van der Waals surface area contributed by atoms with Gasteiger partial charge in [0.25, 0.3) is 0 Å². The minimum absolute atomic E-state index is 0.175. The van der Waals surface area contributed by atoms with Crippen LogP contribution in [0.5, 0.6) is 11.5 Å². The van der Waals surface area contributed by atoms with E-state index < -0.39 is 0 Å². The molecule has 0 amide bonds. The highest BCUT2D eigenvalue weighted by atomic mass is 16.5. The van der Waals surface area contributed by atoms with Crippen molar-refractivity contribution in [1.29, 1.82) is 0 Å². The van der Waals surface area contributed by atoms with E-state index in [0.29, 0.717) is 6.54 Å². The van der Waals surface area contributed by atoms with Gasteiger partial charge in [0.05, 0.1) is 14.2 Å². The molecule has 16 heavy (non-hydrogen) atoms. The van der Waals surface area contributed by atoms with Crippen LogP contribution in [-0.4, -0.2) is 20.8 Å². The van der Waals surface area contributed by atoms with Gasteiger partial charge in [0.1, 0.15) is 11.5 Å². The monoisotopic (exact) mass is 221 g/mol. The Morgan fingerprint density at radius 2 is 1.69 bits per heavy atom. The lowest BCUT2D eigenvalue weighted by Gasteiger charge is -2.17. The number of hydrogen-bond donors (Lipinski definition) is 1. The van der Waals surface area contributed by atoms with Crippen LogP contribution in [0.4, 0.5) is 0 Å². The minimum atomic E-state index is 0.175. The smallest absolute Gasteiger partial charge is 0.125 e. The highest BCUT2D eigenvalue weighted by Gasteiger charge is 2.43. The van der Waals surface area contributed by atoms with Gasteiger partial charge in [-0.2, -0.15) is 0 Å². The molecule has 0 aliphatic heterocycles. The average molecular weight is 221 g/mol. The van der Waals surface area contributed by atoms with Crippen LogP contribution >= 0.6 is 0 Å². The van der Waals surface area contributed by atoms with Crippen LogP contribution in [0.1, 0.15) is 24.0 Å². The quantitative estimate of drug-likeness (QED) is 0.845. The predicted octanol–water partition coefficient (Wildman–Crippen LogP) is 2.00. The topological polar surface area (TPSA) is 44.5 Å². The number of methoxy groups -OCH3 is 2. The van der Waals surface area contributed by atoms with Crippen molar-refractivity contribution in [3.05, 3.63) is 23.3 Å². The van der Waals surface area contributed by atoms with Crippen LogP contribution in [-0.2, 0) is 5.41 Å².